The number of thiol groups is 1. The van der Waals surface area contributed by atoms with Gasteiger partial charge >= 0.3 is 0 Å². The van der Waals surface area contributed by atoms with Crippen LogP contribution in [0.1, 0.15) is 52.9 Å². The van der Waals surface area contributed by atoms with Crippen LogP contribution in [-0.4, -0.2) is 5.75 Å². The molecule has 0 rings (SSSR count). The molecule has 0 amide bonds. The first-order chi connectivity index (χ1) is 4.83. The first-order valence-corrected chi connectivity index (χ1v) is 5.07. The Balaban J connectivity index is 0. The van der Waals surface area contributed by atoms with Gasteiger partial charge in [-0.25, -0.2) is 0 Å². The van der Waals surface area contributed by atoms with Crippen LogP contribution in [0.4, 0.5) is 0 Å². The molecular formula is C9H22S. The molecule has 0 nitrogen and oxygen atoms in total. The van der Waals surface area contributed by atoms with E-state index < -0.39 is 0 Å². The lowest BCUT2D eigenvalue weighted by atomic mass is 10.2. The second-order valence-electron chi connectivity index (χ2n) is 2.49. The molecule has 0 atom stereocenters. The topological polar surface area (TPSA) is 0 Å². The summed E-state index contributed by atoms with van der Waals surface area (Å²) in [6.07, 6.45) is 6.60. The van der Waals surface area contributed by atoms with Crippen molar-refractivity contribution in [1.29, 1.82) is 0 Å². The Kier molecular flexibility index (Phi) is 21.0. The highest BCUT2D eigenvalue weighted by Gasteiger charge is 1.80. The zero-order chi connectivity index (χ0) is 8.24. The van der Waals surface area contributed by atoms with Crippen LogP contribution in [0.15, 0.2) is 0 Å². The van der Waals surface area contributed by atoms with E-state index in [1.54, 1.807) is 0 Å². The Morgan fingerprint density at radius 1 is 0.900 bits per heavy atom. The molecule has 0 aliphatic carbocycles. The van der Waals surface area contributed by atoms with Crippen LogP contribution < -0.4 is 0 Å². The third-order valence-corrected chi connectivity index (χ3v) is 1.33. The van der Waals surface area contributed by atoms with E-state index in [2.05, 4.69) is 33.4 Å². The summed E-state index contributed by atoms with van der Waals surface area (Å²) in [4.78, 5) is 0. The van der Waals surface area contributed by atoms with E-state index in [1.807, 2.05) is 0 Å². The van der Waals surface area contributed by atoms with Gasteiger partial charge in [-0.05, 0) is 12.2 Å². The van der Waals surface area contributed by atoms with Gasteiger partial charge in [-0.15, -0.1) is 0 Å². The first kappa shape index (κ1) is 13.0. The lowest BCUT2D eigenvalue weighted by Crippen LogP contribution is -1.74. The summed E-state index contributed by atoms with van der Waals surface area (Å²) in [7, 11) is 0. The average Bonchev–Trinajstić information content (AvgIpc) is 1.91. The van der Waals surface area contributed by atoms with Crippen LogP contribution in [0.5, 0.6) is 0 Å². The van der Waals surface area contributed by atoms with Gasteiger partial charge in [-0.3, -0.25) is 0 Å². The normalized spacial score (nSPS) is 8.40. The summed E-state index contributed by atoms with van der Waals surface area (Å²) in [6.45, 7) is 6.47. The van der Waals surface area contributed by atoms with E-state index in [0.29, 0.717) is 0 Å². The largest absolute Gasteiger partial charge is 0.179 e. The Bertz CT molecular complexity index is 31.7. The van der Waals surface area contributed by atoms with Crippen LogP contribution in [0, 0.1) is 0 Å². The summed E-state index contributed by atoms with van der Waals surface area (Å²) in [5, 5.41) is 0. The molecule has 10 heavy (non-hydrogen) atoms. The molecule has 0 N–H and O–H groups in total. The van der Waals surface area contributed by atoms with Crippen molar-refractivity contribution in [3.8, 4) is 0 Å². The zero-order valence-corrected chi connectivity index (χ0v) is 8.58. The number of hydrogen-bond acceptors (Lipinski definition) is 1. The predicted octanol–water partition coefficient (Wildman–Crippen LogP) is 3.91. The van der Waals surface area contributed by atoms with Gasteiger partial charge in [0.25, 0.3) is 0 Å². The van der Waals surface area contributed by atoms with Crippen molar-refractivity contribution in [2.75, 3.05) is 5.75 Å². The van der Waals surface area contributed by atoms with E-state index >= 15 is 0 Å². The van der Waals surface area contributed by atoms with Gasteiger partial charge in [0.1, 0.15) is 0 Å². The standard InChI is InChI=1S/C6H14S.C3H8/c1-2-3-4-5-6-7;1-3-2/h7H,2-6H2,1H3;3H2,1-2H3. The van der Waals surface area contributed by atoms with Crippen molar-refractivity contribution in [3.63, 3.8) is 0 Å². The van der Waals surface area contributed by atoms with Crippen molar-refractivity contribution in [2.45, 2.75) is 52.9 Å². The summed E-state index contributed by atoms with van der Waals surface area (Å²) < 4.78 is 0. The molecule has 0 aliphatic rings. The highest BCUT2D eigenvalue weighted by molar-refractivity contribution is 7.80. The van der Waals surface area contributed by atoms with Crippen LogP contribution in [0.3, 0.4) is 0 Å². The van der Waals surface area contributed by atoms with E-state index in [9.17, 15) is 0 Å². The third kappa shape index (κ3) is 23.8. The van der Waals surface area contributed by atoms with Gasteiger partial charge < -0.3 is 0 Å². The Morgan fingerprint density at radius 3 is 1.70 bits per heavy atom. The molecule has 0 radical (unpaired) electrons. The average molecular weight is 162 g/mol. The molecule has 0 unspecified atom stereocenters. The Hall–Kier alpha value is 0.350. The highest BCUT2D eigenvalue weighted by Crippen LogP contribution is 1.98. The predicted molar refractivity (Wildman–Crippen MR) is 54.0 cm³/mol. The van der Waals surface area contributed by atoms with Crippen LogP contribution in [0.25, 0.3) is 0 Å². The molecule has 0 aromatic carbocycles. The minimum atomic E-state index is 1.06. The number of rotatable bonds is 4. The monoisotopic (exact) mass is 162 g/mol. The van der Waals surface area contributed by atoms with Gasteiger partial charge in [0.05, 0.1) is 0 Å². The van der Waals surface area contributed by atoms with E-state index in [-0.39, 0.29) is 0 Å². The van der Waals surface area contributed by atoms with Crippen LogP contribution >= 0.6 is 12.6 Å². The van der Waals surface area contributed by atoms with Gasteiger partial charge in [0.15, 0.2) is 0 Å². The van der Waals surface area contributed by atoms with E-state index in [0.717, 1.165) is 5.75 Å². The third-order valence-electron chi connectivity index (χ3n) is 1.01. The minimum absolute atomic E-state index is 1.06. The summed E-state index contributed by atoms with van der Waals surface area (Å²) in [6, 6.07) is 0. The van der Waals surface area contributed by atoms with Gasteiger partial charge in [0.2, 0.25) is 0 Å². The maximum atomic E-state index is 4.09. The molecule has 64 valence electrons. The lowest BCUT2D eigenvalue weighted by molar-refractivity contribution is 0.707. The van der Waals surface area contributed by atoms with E-state index in [4.69, 9.17) is 0 Å². The van der Waals surface area contributed by atoms with Crippen molar-refractivity contribution < 1.29 is 0 Å². The van der Waals surface area contributed by atoms with Crippen molar-refractivity contribution in [3.05, 3.63) is 0 Å². The fourth-order valence-electron chi connectivity index (χ4n) is 0.539. The molecule has 0 fully saturated rings. The smallest absolute Gasteiger partial charge is 0.00979 e. The van der Waals surface area contributed by atoms with Gasteiger partial charge in [-0.2, -0.15) is 12.6 Å². The molecule has 1 heteroatoms. The first-order valence-electron chi connectivity index (χ1n) is 4.44. The Morgan fingerprint density at radius 2 is 1.40 bits per heavy atom. The van der Waals surface area contributed by atoms with Crippen molar-refractivity contribution in [1.82, 2.24) is 0 Å². The van der Waals surface area contributed by atoms with Crippen LogP contribution in [0.2, 0.25) is 0 Å². The molecule has 0 bridgehead atoms. The SMILES string of the molecule is CCC.CCCCCCS. The maximum absolute atomic E-state index is 4.09. The summed E-state index contributed by atoms with van der Waals surface area (Å²) in [5.74, 6) is 1.06. The molecule has 0 saturated carbocycles. The van der Waals surface area contributed by atoms with Crippen LogP contribution in [-0.2, 0) is 0 Å². The summed E-state index contributed by atoms with van der Waals surface area (Å²) in [5.41, 5.74) is 0. The molecule has 0 spiro atoms. The molecule has 0 aromatic heterocycles. The number of hydrogen-bond donors (Lipinski definition) is 1. The summed E-state index contributed by atoms with van der Waals surface area (Å²) >= 11 is 4.09. The molecule has 0 heterocycles. The lowest BCUT2D eigenvalue weighted by Gasteiger charge is -1.90. The van der Waals surface area contributed by atoms with E-state index in [1.165, 1.54) is 32.1 Å². The quantitative estimate of drug-likeness (QED) is 0.470. The van der Waals surface area contributed by atoms with Gasteiger partial charge in [0, 0.05) is 0 Å². The molecule has 0 saturated heterocycles. The van der Waals surface area contributed by atoms with Crippen molar-refractivity contribution >= 4 is 12.6 Å². The van der Waals surface area contributed by atoms with Gasteiger partial charge in [-0.1, -0.05) is 46.5 Å². The molecule has 0 aliphatic heterocycles. The zero-order valence-electron chi connectivity index (χ0n) is 7.69. The second-order valence-corrected chi connectivity index (χ2v) is 2.94. The molecular weight excluding hydrogens is 140 g/mol. The molecule has 0 aromatic rings. The second kappa shape index (κ2) is 16.2. The maximum Gasteiger partial charge on any atom is -0.00979 e. The Labute approximate surface area is 71.8 Å². The fourth-order valence-corrected chi connectivity index (χ4v) is 0.762. The van der Waals surface area contributed by atoms with Crippen molar-refractivity contribution in [2.24, 2.45) is 0 Å². The fraction of sp³-hybridized carbons (Fsp3) is 1.00. The number of unbranched alkanes of at least 4 members (excludes halogenated alkanes) is 3. The highest BCUT2D eigenvalue weighted by atomic mass is 32.1. The minimum Gasteiger partial charge on any atom is -0.179 e.